The SMILES string of the molecule is CC(C)(C)c1nc(CS(=O)(=O)Cc2csc(C3CCCCC3)n2)no1. The third-order valence-electron chi connectivity index (χ3n) is 4.35. The molecule has 0 N–H and O–H groups in total. The van der Waals surface area contributed by atoms with Crippen molar-refractivity contribution in [2.24, 2.45) is 0 Å². The summed E-state index contributed by atoms with van der Waals surface area (Å²) in [6, 6.07) is 0. The molecule has 0 radical (unpaired) electrons. The Kier molecular flexibility index (Phi) is 5.29. The van der Waals surface area contributed by atoms with Crippen LogP contribution in [0.3, 0.4) is 0 Å². The van der Waals surface area contributed by atoms with Crippen molar-refractivity contribution < 1.29 is 12.9 Å². The van der Waals surface area contributed by atoms with Gasteiger partial charge in [-0.25, -0.2) is 13.4 Å². The van der Waals surface area contributed by atoms with Crippen LogP contribution in [-0.4, -0.2) is 23.5 Å². The summed E-state index contributed by atoms with van der Waals surface area (Å²) >= 11 is 1.59. The van der Waals surface area contributed by atoms with Crippen molar-refractivity contribution >= 4 is 21.2 Å². The Morgan fingerprint density at radius 1 is 1.16 bits per heavy atom. The van der Waals surface area contributed by atoms with Crippen LogP contribution in [0.2, 0.25) is 0 Å². The van der Waals surface area contributed by atoms with Gasteiger partial charge in [-0.2, -0.15) is 4.98 Å². The van der Waals surface area contributed by atoms with Gasteiger partial charge in [0.05, 0.1) is 16.5 Å². The van der Waals surface area contributed by atoms with Gasteiger partial charge in [0.15, 0.2) is 15.7 Å². The first-order valence-electron chi connectivity index (χ1n) is 8.71. The maximum atomic E-state index is 12.5. The summed E-state index contributed by atoms with van der Waals surface area (Å²) in [6.45, 7) is 5.84. The van der Waals surface area contributed by atoms with Crippen molar-refractivity contribution in [3.63, 3.8) is 0 Å². The summed E-state index contributed by atoms with van der Waals surface area (Å²) in [5, 5.41) is 6.76. The van der Waals surface area contributed by atoms with Crippen LogP contribution in [0.1, 0.15) is 81.2 Å². The molecular formula is C17H25N3O3S2. The minimum Gasteiger partial charge on any atom is -0.339 e. The van der Waals surface area contributed by atoms with E-state index in [-0.39, 0.29) is 22.7 Å². The third-order valence-corrected chi connectivity index (χ3v) is 6.84. The standard InChI is InChI=1S/C17H25N3O3S2/c1-17(2,3)16-19-14(20-23-16)11-25(21,22)10-13-9-24-15(18-13)12-7-5-4-6-8-12/h9,12H,4-8,10-11H2,1-3H3. The quantitative estimate of drug-likeness (QED) is 0.776. The molecule has 0 aliphatic heterocycles. The Morgan fingerprint density at radius 2 is 1.88 bits per heavy atom. The summed E-state index contributed by atoms with van der Waals surface area (Å²) in [4.78, 5) is 8.79. The first-order chi connectivity index (χ1) is 11.7. The molecule has 0 aromatic carbocycles. The molecular weight excluding hydrogens is 358 g/mol. The van der Waals surface area contributed by atoms with E-state index in [4.69, 9.17) is 4.52 Å². The van der Waals surface area contributed by atoms with E-state index in [1.165, 1.54) is 19.3 Å². The lowest BCUT2D eigenvalue weighted by molar-refractivity contribution is 0.319. The van der Waals surface area contributed by atoms with Gasteiger partial charge >= 0.3 is 0 Å². The molecule has 3 rings (SSSR count). The second-order valence-corrected chi connectivity index (χ2v) is 10.8. The minimum absolute atomic E-state index is 0.0738. The Balaban J connectivity index is 1.65. The molecule has 0 bridgehead atoms. The van der Waals surface area contributed by atoms with Crippen LogP contribution >= 0.6 is 11.3 Å². The molecule has 1 saturated carbocycles. The summed E-state index contributed by atoms with van der Waals surface area (Å²) in [5.74, 6) is 0.874. The molecule has 2 aromatic rings. The fraction of sp³-hybridized carbons (Fsp3) is 0.706. The van der Waals surface area contributed by atoms with Gasteiger partial charge in [-0.1, -0.05) is 45.2 Å². The van der Waals surface area contributed by atoms with Crippen LogP contribution in [-0.2, 0) is 26.8 Å². The highest BCUT2D eigenvalue weighted by Crippen LogP contribution is 2.34. The lowest BCUT2D eigenvalue weighted by Crippen LogP contribution is -2.13. The average Bonchev–Trinajstić information content (AvgIpc) is 3.16. The molecule has 0 atom stereocenters. The Hall–Kier alpha value is -1.28. The summed E-state index contributed by atoms with van der Waals surface area (Å²) in [5.41, 5.74) is 0.337. The zero-order valence-corrected chi connectivity index (χ0v) is 16.6. The maximum Gasteiger partial charge on any atom is 0.232 e. The highest BCUT2D eigenvalue weighted by atomic mass is 32.2. The topological polar surface area (TPSA) is 86.0 Å². The second kappa shape index (κ2) is 7.15. The largest absolute Gasteiger partial charge is 0.339 e. The zero-order valence-electron chi connectivity index (χ0n) is 15.0. The van der Waals surface area contributed by atoms with Gasteiger partial charge in [0.2, 0.25) is 5.89 Å². The van der Waals surface area contributed by atoms with Crippen LogP contribution in [0, 0.1) is 0 Å². The van der Waals surface area contributed by atoms with Gasteiger partial charge < -0.3 is 4.52 Å². The molecule has 0 spiro atoms. The van der Waals surface area contributed by atoms with Gasteiger partial charge in [0.1, 0.15) is 5.75 Å². The van der Waals surface area contributed by atoms with Gasteiger partial charge in [-0.3, -0.25) is 0 Å². The van der Waals surface area contributed by atoms with E-state index in [0.29, 0.717) is 17.5 Å². The number of rotatable bonds is 5. The summed E-state index contributed by atoms with van der Waals surface area (Å²) in [6.07, 6.45) is 6.11. The van der Waals surface area contributed by atoms with Gasteiger partial charge in [-0.15, -0.1) is 11.3 Å². The van der Waals surface area contributed by atoms with Crippen LogP contribution in [0.25, 0.3) is 0 Å². The third kappa shape index (κ3) is 4.88. The van der Waals surface area contributed by atoms with Crippen LogP contribution in [0.15, 0.2) is 9.90 Å². The Morgan fingerprint density at radius 3 is 2.52 bits per heavy atom. The molecule has 0 amide bonds. The molecule has 25 heavy (non-hydrogen) atoms. The number of aromatic nitrogens is 3. The molecule has 6 nitrogen and oxygen atoms in total. The van der Waals surface area contributed by atoms with E-state index in [9.17, 15) is 8.42 Å². The number of hydrogen-bond acceptors (Lipinski definition) is 7. The lowest BCUT2D eigenvalue weighted by Gasteiger charge is -2.18. The normalized spacial score (nSPS) is 17.1. The molecule has 2 heterocycles. The van der Waals surface area contributed by atoms with Gasteiger partial charge in [0, 0.05) is 16.7 Å². The van der Waals surface area contributed by atoms with Crippen molar-refractivity contribution in [1.82, 2.24) is 15.1 Å². The maximum absolute atomic E-state index is 12.5. The summed E-state index contributed by atoms with van der Waals surface area (Å²) in [7, 11) is -3.38. The van der Waals surface area contributed by atoms with E-state index >= 15 is 0 Å². The minimum atomic E-state index is -3.38. The van der Waals surface area contributed by atoms with E-state index < -0.39 is 9.84 Å². The molecule has 1 aliphatic rings. The predicted octanol–water partition coefficient (Wildman–Crippen LogP) is 3.99. The van der Waals surface area contributed by atoms with Crippen LogP contribution < -0.4 is 0 Å². The fourth-order valence-corrected chi connectivity index (χ4v) is 5.32. The van der Waals surface area contributed by atoms with Crippen molar-refractivity contribution in [1.29, 1.82) is 0 Å². The number of nitrogens with zero attached hydrogens (tertiary/aromatic N) is 3. The van der Waals surface area contributed by atoms with Gasteiger partial charge in [-0.05, 0) is 12.8 Å². The Bertz CT molecular complexity index is 812. The molecule has 138 valence electrons. The van der Waals surface area contributed by atoms with Crippen molar-refractivity contribution in [3.05, 3.63) is 27.8 Å². The number of hydrogen-bond donors (Lipinski definition) is 0. The lowest BCUT2D eigenvalue weighted by atomic mass is 9.90. The van der Waals surface area contributed by atoms with E-state index in [2.05, 4.69) is 15.1 Å². The molecule has 8 heteroatoms. The first kappa shape index (κ1) is 18.5. The number of thiazole rings is 1. The fourth-order valence-electron chi connectivity index (χ4n) is 3.02. The monoisotopic (exact) mass is 383 g/mol. The van der Waals surface area contributed by atoms with E-state index in [1.807, 2.05) is 26.2 Å². The molecule has 1 fully saturated rings. The van der Waals surface area contributed by atoms with Crippen molar-refractivity contribution in [2.75, 3.05) is 0 Å². The Labute approximate surface area is 153 Å². The smallest absolute Gasteiger partial charge is 0.232 e. The van der Waals surface area contributed by atoms with Crippen molar-refractivity contribution in [2.45, 2.75) is 75.7 Å². The average molecular weight is 384 g/mol. The predicted molar refractivity (Wildman–Crippen MR) is 97.3 cm³/mol. The molecule has 0 unspecified atom stereocenters. The molecule has 0 saturated heterocycles. The van der Waals surface area contributed by atoms with Crippen LogP contribution in [0.4, 0.5) is 0 Å². The highest BCUT2D eigenvalue weighted by Gasteiger charge is 2.25. The highest BCUT2D eigenvalue weighted by molar-refractivity contribution is 7.89. The van der Waals surface area contributed by atoms with Gasteiger partial charge in [0.25, 0.3) is 0 Å². The number of sulfone groups is 1. The second-order valence-electron chi connectivity index (χ2n) is 7.81. The zero-order chi connectivity index (χ0) is 18.1. The van der Waals surface area contributed by atoms with Crippen molar-refractivity contribution in [3.8, 4) is 0 Å². The molecule has 2 aromatic heterocycles. The van der Waals surface area contributed by atoms with Crippen LogP contribution in [0.5, 0.6) is 0 Å². The van der Waals surface area contributed by atoms with E-state index in [0.717, 1.165) is 17.8 Å². The first-order valence-corrected chi connectivity index (χ1v) is 11.4. The van der Waals surface area contributed by atoms with E-state index in [1.54, 1.807) is 11.3 Å². The summed E-state index contributed by atoms with van der Waals surface area (Å²) < 4.78 is 30.1. The molecule has 1 aliphatic carbocycles.